The number of methoxy groups -OCH3 is 1. The minimum atomic E-state index is -4.71. The average molecular weight is 325 g/mol. The van der Waals surface area contributed by atoms with Gasteiger partial charge in [0.2, 0.25) is 0 Å². The Kier molecular flexibility index (Phi) is 3.62. The lowest BCUT2D eigenvalue weighted by molar-refractivity contribution is -0.177. The van der Waals surface area contributed by atoms with Crippen molar-refractivity contribution in [3.8, 4) is 5.75 Å². The van der Waals surface area contributed by atoms with Crippen molar-refractivity contribution in [3.05, 3.63) is 41.2 Å². The maximum Gasteiger partial charge on any atom is 0.406 e. The number of carbonyl (C=O) groups excluding carboxylic acids is 1. The number of benzene rings is 1. The molecule has 0 aromatic heterocycles. The van der Waals surface area contributed by atoms with Crippen molar-refractivity contribution in [3.63, 3.8) is 0 Å². The van der Waals surface area contributed by atoms with E-state index in [-0.39, 0.29) is 18.3 Å². The molecule has 0 spiro atoms. The first-order valence-electron chi connectivity index (χ1n) is 6.98. The molecule has 23 heavy (non-hydrogen) atoms. The zero-order valence-corrected chi connectivity index (χ0v) is 12.5. The van der Waals surface area contributed by atoms with Crippen molar-refractivity contribution in [2.45, 2.75) is 25.7 Å². The van der Waals surface area contributed by atoms with E-state index in [1.54, 1.807) is 19.1 Å². The molecule has 2 unspecified atom stereocenters. The number of hydrogen-bond donors (Lipinski definition) is 0. The summed E-state index contributed by atoms with van der Waals surface area (Å²) in [4.78, 5) is 13.2. The minimum Gasteiger partial charge on any atom is -0.496 e. The molecule has 1 aromatic carbocycles. The number of fused-ring (bicyclic) bond motifs is 1. The Morgan fingerprint density at radius 1 is 1.35 bits per heavy atom. The highest BCUT2D eigenvalue weighted by Gasteiger charge is 2.51. The molecule has 2 aliphatic heterocycles. The van der Waals surface area contributed by atoms with Gasteiger partial charge in [-0.3, -0.25) is 4.79 Å². The molecule has 122 valence electrons. The Labute approximate surface area is 130 Å². The fraction of sp³-hybridized carbons (Fsp3) is 0.400. The summed E-state index contributed by atoms with van der Waals surface area (Å²) in [5.74, 6) is -2.95. The summed E-state index contributed by atoms with van der Waals surface area (Å²) in [7, 11) is 1.52. The van der Waals surface area contributed by atoms with E-state index in [4.69, 9.17) is 4.74 Å². The van der Waals surface area contributed by atoms with Gasteiger partial charge in [-0.2, -0.15) is 18.3 Å². The van der Waals surface area contributed by atoms with Gasteiger partial charge in [0.05, 0.1) is 25.0 Å². The maximum atomic E-state index is 13.3. The van der Waals surface area contributed by atoms with E-state index in [1.807, 2.05) is 6.07 Å². The molecule has 3 rings (SSSR count). The standard InChI is InChI=1S/C15H14F3N3O2/c1-8-12-9(4-3-5-11(12)23-2)7-21(8)10-6-19-20-14(22)13(10)15(16,17)18/h3-6,8,13H,7H2,1-2H3. The third-order valence-electron chi connectivity index (χ3n) is 4.15. The predicted octanol–water partition coefficient (Wildman–Crippen LogP) is 3.58. The van der Waals surface area contributed by atoms with Gasteiger partial charge in [0, 0.05) is 12.1 Å². The van der Waals surface area contributed by atoms with Gasteiger partial charge in [-0.1, -0.05) is 12.1 Å². The Hall–Kier alpha value is -2.38. The summed E-state index contributed by atoms with van der Waals surface area (Å²) < 4.78 is 45.1. The highest BCUT2D eigenvalue weighted by atomic mass is 19.4. The van der Waals surface area contributed by atoms with Gasteiger partial charge in [-0.25, -0.2) is 0 Å². The number of rotatable bonds is 2. The van der Waals surface area contributed by atoms with E-state index in [0.29, 0.717) is 5.75 Å². The Bertz CT molecular complexity index is 712. The number of halogens is 3. The molecule has 0 bridgehead atoms. The van der Waals surface area contributed by atoms with E-state index in [1.165, 1.54) is 12.0 Å². The first-order valence-corrected chi connectivity index (χ1v) is 6.98. The molecule has 2 atom stereocenters. The van der Waals surface area contributed by atoms with Crippen LogP contribution in [0.15, 0.2) is 40.3 Å². The predicted molar refractivity (Wildman–Crippen MR) is 74.4 cm³/mol. The maximum absolute atomic E-state index is 13.3. The molecule has 0 N–H and O–H groups in total. The highest BCUT2D eigenvalue weighted by Crippen LogP contribution is 2.46. The van der Waals surface area contributed by atoms with Crippen LogP contribution in [0.25, 0.3) is 0 Å². The van der Waals surface area contributed by atoms with Gasteiger partial charge in [0.1, 0.15) is 5.75 Å². The number of amides is 1. The summed E-state index contributed by atoms with van der Waals surface area (Å²) >= 11 is 0. The van der Waals surface area contributed by atoms with Crippen LogP contribution in [0.1, 0.15) is 24.1 Å². The number of hydrogen-bond acceptors (Lipinski definition) is 4. The monoisotopic (exact) mass is 325 g/mol. The average Bonchev–Trinajstić information content (AvgIpc) is 2.83. The summed E-state index contributed by atoms with van der Waals surface area (Å²) in [6, 6.07) is 5.03. The molecule has 1 aromatic rings. The van der Waals surface area contributed by atoms with Crippen LogP contribution in [-0.2, 0) is 11.3 Å². The van der Waals surface area contributed by atoms with Gasteiger partial charge in [0.15, 0.2) is 5.92 Å². The van der Waals surface area contributed by atoms with Gasteiger partial charge < -0.3 is 9.64 Å². The van der Waals surface area contributed by atoms with Crippen molar-refractivity contribution in [2.24, 2.45) is 16.1 Å². The minimum absolute atomic E-state index is 0.178. The van der Waals surface area contributed by atoms with E-state index < -0.39 is 18.0 Å². The van der Waals surface area contributed by atoms with Crippen LogP contribution in [0.3, 0.4) is 0 Å². The molecule has 8 heteroatoms. The van der Waals surface area contributed by atoms with E-state index in [2.05, 4.69) is 10.2 Å². The molecular formula is C15H14F3N3O2. The number of nitrogens with zero attached hydrogens (tertiary/aromatic N) is 3. The van der Waals surface area contributed by atoms with E-state index in [0.717, 1.165) is 17.3 Å². The van der Waals surface area contributed by atoms with Crippen molar-refractivity contribution < 1.29 is 22.7 Å². The molecule has 0 radical (unpaired) electrons. The quantitative estimate of drug-likeness (QED) is 0.835. The molecule has 2 aliphatic rings. The summed E-state index contributed by atoms with van der Waals surface area (Å²) in [6.07, 6.45) is -3.69. The van der Waals surface area contributed by atoms with Gasteiger partial charge in [0.25, 0.3) is 5.91 Å². The molecule has 0 aliphatic carbocycles. The van der Waals surface area contributed by atoms with Crippen molar-refractivity contribution in [1.29, 1.82) is 0 Å². The number of alkyl halides is 3. The van der Waals surface area contributed by atoms with Crippen LogP contribution >= 0.6 is 0 Å². The van der Waals surface area contributed by atoms with Crippen LogP contribution in [0.2, 0.25) is 0 Å². The molecule has 5 nitrogen and oxygen atoms in total. The van der Waals surface area contributed by atoms with E-state index >= 15 is 0 Å². The zero-order chi connectivity index (χ0) is 16.8. The normalized spacial score (nSPS) is 23.8. The Morgan fingerprint density at radius 3 is 2.74 bits per heavy atom. The molecule has 0 fully saturated rings. The molecule has 2 heterocycles. The topological polar surface area (TPSA) is 54.3 Å². The van der Waals surface area contributed by atoms with Crippen LogP contribution < -0.4 is 4.74 Å². The smallest absolute Gasteiger partial charge is 0.406 e. The molecule has 0 saturated carbocycles. The van der Waals surface area contributed by atoms with Crippen molar-refractivity contribution in [2.75, 3.05) is 7.11 Å². The molecular weight excluding hydrogens is 311 g/mol. The zero-order valence-electron chi connectivity index (χ0n) is 12.5. The lowest BCUT2D eigenvalue weighted by atomic mass is 10.0. The third-order valence-corrected chi connectivity index (χ3v) is 4.15. The van der Waals surface area contributed by atoms with Gasteiger partial charge in [-0.15, -0.1) is 5.11 Å². The first kappa shape index (κ1) is 15.5. The van der Waals surface area contributed by atoms with E-state index in [9.17, 15) is 18.0 Å². The number of azo groups is 1. The van der Waals surface area contributed by atoms with Crippen LogP contribution in [-0.4, -0.2) is 24.1 Å². The van der Waals surface area contributed by atoms with Crippen LogP contribution in [0, 0.1) is 5.92 Å². The van der Waals surface area contributed by atoms with Gasteiger partial charge >= 0.3 is 6.18 Å². The summed E-state index contributed by atoms with van der Waals surface area (Å²) in [5, 5.41) is 6.47. The Morgan fingerprint density at radius 2 is 2.09 bits per heavy atom. The van der Waals surface area contributed by atoms with Crippen molar-refractivity contribution >= 4 is 5.91 Å². The Balaban J connectivity index is 2.01. The third kappa shape index (κ3) is 2.47. The van der Waals surface area contributed by atoms with Crippen molar-refractivity contribution in [1.82, 2.24) is 4.90 Å². The van der Waals surface area contributed by atoms with Gasteiger partial charge in [-0.05, 0) is 18.6 Å². The molecule has 0 saturated heterocycles. The SMILES string of the molecule is COc1cccc2c1C(C)N(C1=CN=NC(=O)C1C(F)(F)F)C2. The van der Waals surface area contributed by atoms with Crippen LogP contribution in [0.4, 0.5) is 13.2 Å². The van der Waals surface area contributed by atoms with Crippen LogP contribution in [0.5, 0.6) is 5.75 Å². The molecule has 1 amide bonds. The fourth-order valence-corrected chi connectivity index (χ4v) is 3.12. The second-order valence-corrected chi connectivity index (χ2v) is 5.42. The first-order chi connectivity index (χ1) is 10.8. The second kappa shape index (κ2) is 5.36. The second-order valence-electron chi connectivity index (χ2n) is 5.42. The lowest BCUT2D eigenvalue weighted by Gasteiger charge is -2.32. The number of carbonyl (C=O) groups is 1. The fourth-order valence-electron chi connectivity index (χ4n) is 3.12. The lowest BCUT2D eigenvalue weighted by Crippen LogP contribution is -2.39. The number of ether oxygens (including phenoxy) is 1. The highest BCUT2D eigenvalue weighted by molar-refractivity contribution is 5.83. The summed E-state index contributed by atoms with van der Waals surface area (Å²) in [6.45, 7) is 2.04. The largest absolute Gasteiger partial charge is 0.496 e. The summed E-state index contributed by atoms with van der Waals surface area (Å²) in [5.41, 5.74) is 1.52.